The van der Waals surface area contributed by atoms with E-state index >= 15 is 0 Å². The molecule has 1 heterocycles. The molecule has 0 spiro atoms. The van der Waals surface area contributed by atoms with Gasteiger partial charge in [-0.05, 0) is 24.3 Å². The standard InChI is InChI=1S/C7H8OP2S4/c1-8-6-2-4-7(5-3-6)10(14-11)12-9-13-10/h2-5,9H,1H3/p+1. The Hall–Kier alpha value is 1.28. The third-order valence-electron chi connectivity index (χ3n) is 1.81. The average molecular weight is 299 g/mol. The molecule has 0 atom stereocenters. The first kappa shape index (κ1) is 11.8. The third kappa shape index (κ3) is 2.18. The molecule has 0 unspecified atom stereocenters. The van der Waals surface area contributed by atoms with Crippen molar-refractivity contribution >= 4 is 61.2 Å². The van der Waals surface area contributed by atoms with E-state index in [1.807, 2.05) is 12.1 Å². The normalized spacial score (nSPS) is 27.3. The van der Waals surface area contributed by atoms with Gasteiger partial charge in [0.25, 0.3) is 0 Å². The van der Waals surface area contributed by atoms with Crippen LogP contribution < -0.4 is 10.0 Å². The van der Waals surface area contributed by atoms with Gasteiger partial charge in [-0.1, -0.05) is 11.7 Å². The van der Waals surface area contributed by atoms with Gasteiger partial charge in [0, 0.05) is 0 Å². The van der Waals surface area contributed by atoms with E-state index in [4.69, 9.17) is 4.74 Å². The molecule has 0 saturated carbocycles. The van der Waals surface area contributed by atoms with Crippen LogP contribution in [0.3, 0.4) is 0 Å². The van der Waals surface area contributed by atoms with Crippen LogP contribution in [-0.2, 0) is 0 Å². The van der Waals surface area contributed by atoms with E-state index < -0.39 is 4.87 Å². The summed E-state index contributed by atoms with van der Waals surface area (Å²) in [5, 5.41) is 1.42. The Morgan fingerprint density at radius 1 is 1.36 bits per heavy atom. The first-order valence-electron chi connectivity index (χ1n) is 3.80. The Bertz CT molecular complexity index is 308. The Morgan fingerprint density at radius 2 is 2.00 bits per heavy atom. The van der Waals surface area contributed by atoms with Crippen LogP contribution in [0.1, 0.15) is 0 Å². The van der Waals surface area contributed by atoms with Gasteiger partial charge in [-0.2, -0.15) is 0 Å². The lowest BCUT2D eigenvalue weighted by molar-refractivity contribution is 0.415. The van der Waals surface area contributed by atoms with E-state index in [0.717, 1.165) is 12.7 Å². The molecule has 76 valence electrons. The Balaban J connectivity index is 2.23. The molecule has 0 aromatic heterocycles. The molecule has 0 amide bonds. The first-order chi connectivity index (χ1) is 6.80. The van der Waals surface area contributed by atoms with Crippen LogP contribution in [0.5, 0.6) is 5.75 Å². The van der Waals surface area contributed by atoms with Crippen molar-refractivity contribution < 1.29 is 4.74 Å². The third-order valence-corrected chi connectivity index (χ3v) is 31.3. The van der Waals surface area contributed by atoms with E-state index in [-0.39, 0.29) is 0 Å². The monoisotopic (exact) mass is 299 g/mol. The minimum absolute atomic E-state index is 0.925. The second-order valence-corrected chi connectivity index (χ2v) is 20.1. The van der Waals surface area contributed by atoms with E-state index in [1.165, 1.54) is 5.30 Å². The lowest BCUT2D eigenvalue weighted by Gasteiger charge is -2.25. The predicted molar refractivity (Wildman–Crippen MR) is 79.6 cm³/mol. The molecule has 7 heteroatoms. The molecule has 2 rings (SSSR count). The van der Waals surface area contributed by atoms with Crippen LogP contribution in [0.15, 0.2) is 24.3 Å². The minimum Gasteiger partial charge on any atom is -0.497 e. The number of hydrogen-bond donors (Lipinski definition) is 1. The highest BCUT2D eigenvalue weighted by molar-refractivity contribution is 9.53. The topological polar surface area (TPSA) is 9.23 Å². The molecule has 0 radical (unpaired) electrons. The number of methoxy groups -OCH3 is 1. The van der Waals surface area contributed by atoms with Crippen molar-refractivity contribution in [1.29, 1.82) is 0 Å². The molecule has 1 aliphatic heterocycles. The lowest BCUT2D eigenvalue weighted by atomic mass is 10.3. The van der Waals surface area contributed by atoms with Gasteiger partial charge in [-0.3, -0.25) is 0 Å². The van der Waals surface area contributed by atoms with Crippen molar-refractivity contribution in [1.82, 2.24) is 0 Å². The molecular weight excluding hydrogens is 290 g/mol. The van der Waals surface area contributed by atoms with Crippen molar-refractivity contribution in [3.63, 3.8) is 0 Å². The zero-order valence-electron chi connectivity index (χ0n) is 7.34. The highest BCUT2D eigenvalue weighted by atomic mass is 33.8. The van der Waals surface area contributed by atoms with Crippen molar-refractivity contribution in [2.75, 3.05) is 7.11 Å². The molecular formula is C7H9OP2S4+. The highest BCUT2D eigenvalue weighted by Crippen LogP contribution is 3.05. The van der Waals surface area contributed by atoms with Crippen LogP contribution in [-0.4, -0.2) is 7.11 Å². The summed E-state index contributed by atoms with van der Waals surface area (Å²) in [5.74, 6) is 0.925. The van der Waals surface area contributed by atoms with Gasteiger partial charge in [0.2, 0.25) is 4.87 Å². The Labute approximate surface area is 103 Å². The van der Waals surface area contributed by atoms with Crippen LogP contribution in [0.4, 0.5) is 0 Å². The maximum atomic E-state index is 5.14. The summed E-state index contributed by atoms with van der Waals surface area (Å²) in [6, 6.07) is 8.40. The zero-order valence-corrected chi connectivity index (χ0v) is 12.6. The zero-order chi connectivity index (χ0) is 10.0. The second-order valence-electron chi connectivity index (χ2n) is 2.54. The first-order valence-corrected chi connectivity index (χ1v) is 13.4. The van der Waals surface area contributed by atoms with Crippen molar-refractivity contribution in [2.24, 2.45) is 0 Å². The summed E-state index contributed by atoms with van der Waals surface area (Å²) < 4.78 is 5.14. The maximum Gasteiger partial charge on any atom is 0.244 e. The predicted octanol–water partition coefficient (Wildman–Crippen LogP) is 4.65. The van der Waals surface area contributed by atoms with Crippen LogP contribution in [0.2, 0.25) is 0 Å². The Kier molecular flexibility index (Phi) is 4.26. The summed E-state index contributed by atoms with van der Waals surface area (Å²) in [7, 11) is 3.42. The fourth-order valence-corrected chi connectivity index (χ4v) is 28.0. The summed E-state index contributed by atoms with van der Waals surface area (Å²) in [4.78, 5) is -1.06. The Morgan fingerprint density at radius 3 is 2.36 bits per heavy atom. The smallest absolute Gasteiger partial charge is 0.244 e. The molecule has 1 saturated heterocycles. The molecule has 0 aliphatic carbocycles. The summed E-state index contributed by atoms with van der Waals surface area (Å²) >= 11 is 8.52. The quantitative estimate of drug-likeness (QED) is 0.494. The summed E-state index contributed by atoms with van der Waals surface area (Å²) in [6.07, 6.45) is 0. The number of hydrogen-bond acceptors (Lipinski definition) is 5. The molecule has 0 N–H and O–H groups in total. The van der Waals surface area contributed by atoms with Gasteiger partial charge in [0.1, 0.15) is 21.5 Å². The van der Waals surface area contributed by atoms with Gasteiger partial charge >= 0.3 is 0 Å². The van der Waals surface area contributed by atoms with Crippen LogP contribution in [0, 0.1) is 0 Å². The molecule has 1 nitrogen and oxygen atoms in total. The number of ether oxygens (including phenoxy) is 1. The number of thiol groups is 1. The summed E-state index contributed by atoms with van der Waals surface area (Å²) in [5.41, 5.74) is 0. The number of rotatable bonds is 3. The molecule has 1 fully saturated rings. The largest absolute Gasteiger partial charge is 0.497 e. The summed E-state index contributed by atoms with van der Waals surface area (Å²) in [6.45, 7) is 0.984. The van der Waals surface area contributed by atoms with Gasteiger partial charge < -0.3 is 4.74 Å². The second kappa shape index (κ2) is 5.07. The highest BCUT2D eigenvalue weighted by Gasteiger charge is 2.53. The van der Waals surface area contributed by atoms with E-state index in [0.29, 0.717) is 0 Å². The number of benzene rings is 1. The molecule has 1 aromatic carbocycles. The van der Waals surface area contributed by atoms with Crippen molar-refractivity contribution in [3.05, 3.63) is 24.3 Å². The van der Waals surface area contributed by atoms with Gasteiger partial charge in [0.05, 0.1) is 36.1 Å². The maximum absolute atomic E-state index is 5.14. The minimum atomic E-state index is -1.06. The molecule has 1 aromatic rings. The van der Waals surface area contributed by atoms with Crippen molar-refractivity contribution in [2.45, 2.75) is 0 Å². The lowest BCUT2D eigenvalue weighted by Crippen LogP contribution is -2.02. The van der Waals surface area contributed by atoms with E-state index in [2.05, 4.69) is 45.8 Å². The molecule has 1 aliphatic rings. The fourth-order valence-electron chi connectivity index (χ4n) is 1.06. The molecule has 0 bridgehead atoms. The van der Waals surface area contributed by atoms with Crippen LogP contribution in [0.25, 0.3) is 0 Å². The van der Waals surface area contributed by atoms with Gasteiger partial charge in [-0.25, -0.2) is 0 Å². The average Bonchev–Trinajstić information content (AvgIpc) is 2.18. The van der Waals surface area contributed by atoms with Crippen molar-refractivity contribution in [3.8, 4) is 5.75 Å². The van der Waals surface area contributed by atoms with Crippen LogP contribution >= 0.6 is 55.9 Å². The van der Waals surface area contributed by atoms with E-state index in [1.54, 1.807) is 17.5 Å². The van der Waals surface area contributed by atoms with Gasteiger partial charge in [0.15, 0.2) is 0 Å². The van der Waals surface area contributed by atoms with Gasteiger partial charge in [-0.15, -0.1) is 0 Å². The fraction of sp³-hybridized carbons (Fsp3) is 0.143. The SMILES string of the molecule is COc1ccc([P+]2(SS)SPS2)cc1. The van der Waals surface area contributed by atoms with E-state index in [9.17, 15) is 0 Å². The molecule has 14 heavy (non-hydrogen) atoms.